The maximum Gasteiger partial charge on any atom is 0.233 e. The number of aromatic nitrogens is 3. The Bertz CT molecular complexity index is 949. The van der Waals surface area contributed by atoms with Crippen LogP contribution < -0.4 is 9.47 Å². The molecule has 2 saturated carbocycles. The van der Waals surface area contributed by atoms with Crippen LogP contribution in [0.5, 0.6) is 11.5 Å². The maximum atomic E-state index is 13.6. The zero-order chi connectivity index (χ0) is 24.5. The third-order valence-electron chi connectivity index (χ3n) is 7.08. The molecular formula is C27H38N4O3S. The Kier molecular flexibility index (Phi) is 9.51. The molecule has 2 fully saturated rings. The van der Waals surface area contributed by atoms with E-state index in [1.165, 1.54) is 50.3 Å². The Morgan fingerprint density at radius 2 is 1.69 bits per heavy atom. The van der Waals surface area contributed by atoms with E-state index >= 15 is 0 Å². The van der Waals surface area contributed by atoms with Gasteiger partial charge in [-0.1, -0.05) is 68.5 Å². The van der Waals surface area contributed by atoms with Crippen molar-refractivity contribution in [2.24, 2.45) is 0 Å². The summed E-state index contributed by atoms with van der Waals surface area (Å²) in [5.74, 6) is 2.66. The average molecular weight is 499 g/mol. The molecule has 190 valence electrons. The van der Waals surface area contributed by atoms with Gasteiger partial charge in [-0.15, -0.1) is 16.8 Å². The number of amides is 1. The predicted molar refractivity (Wildman–Crippen MR) is 139 cm³/mol. The molecule has 2 aromatic rings. The highest BCUT2D eigenvalue weighted by Crippen LogP contribution is 2.32. The molecule has 0 N–H and O–H groups in total. The van der Waals surface area contributed by atoms with E-state index in [-0.39, 0.29) is 12.5 Å². The summed E-state index contributed by atoms with van der Waals surface area (Å²) < 4.78 is 13.3. The number of benzene rings is 1. The number of hydrogen-bond acceptors (Lipinski definition) is 6. The molecule has 2 aliphatic carbocycles. The summed E-state index contributed by atoms with van der Waals surface area (Å²) >= 11 is 1.47. The van der Waals surface area contributed by atoms with Gasteiger partial charge in [0.25, 0.3) is 0 Å². The van der Waals surface area contributed by atoms with Crippen molar-refractivity contribution in [1.82, 2.24) is 19.7 Å². The molecule has 0 saturated heterocycles. The van der Waals surface area contributed by atoms with Crippen LogP contribution in [0.1, 0.15) is 70.0 Å². The first kappa shape index (κ1) is 25.6. The lowest BCUT2D eigenvalue weighted by molar-refractivity contribution is -0.135. The van der Waals surface area contributed by atoms with Crippen molar-refractivity contribution in [3.8, 4) is 11.5 Å². The van der Waals surface area contributed by atoms with Crippen LogP contribution in [0, 0.1) is 0 Å². The van der Waals surface area contributed by atoms with Crippen LogP contribution in [0.4, 0.5) is 0 Å². The quantitative estimate of drug-likeness (QED) is 0.295. The van der Waals surface area contributed by atoms with Crippen molar-refractivity contribution in [3.63, 3.8) is 0 Å². The van der Waals surface area contributed by atoms with Crippen LogP contribution in [0.15, 0.2) is 42.1 Å². The summed E-state index contributed by atoms with van der Waals surface area (Å²) in [6.45, 7) is 4.70. The molecule has 0 unspecified atom stereocenters. The van der Waals surface area contributed by atoms with Gasteiger partial charge in [-0.3, -0.25) is 9.36 Å². The van der Waals surface area contributed by atoms with Crippen molar-refractivity contribution in [3.05, 3.63) is 42.7 Å². The number of rotatable bonds is 11. The van der Waals surface area contributed by atoms with Gasteiger partial charge in [-0.2, -0.15) is 0 Å². The minimum absolute atomic E-state index is 0.244. The van der Waals surface area contributed by atoms with Crippen molar-refractivity contribution in [2.45, 2.75) is 94.6 Å². The van der Waals surface area contributed by atoms with E-state index in [1.54, 1.807) is 7.11 Å². The minimum Gasteiger partial charge on any atom is -0.493 e. The number of carbonyl (C=O) groups excluding carboxylic acids is 1. The fraction of sp³-hybridized carbons (Fsp3) is 0.593. The number of methoxy groups -OCH3 is 1. The predicted octanol–water partition coefficient (Wildman–Crippen LogP) is 5.64. The number of para-hydroxylation sites is 2. The minimum atomic E-state index is 0.244. The average Bonchev–Trinajstić information content (AvgIpc) is 3.29. The third-order valence-corrected chi connectivity index (χ3v) is 8.03. The Morgan fingerprint density at radius 3 is 2.29 bits per heavy atom. The first-order chi connectivity index (χ1) is 17.2. The summed E-state index contributed by atoms with van der Waals surface area (Å²) in [4.78, 5) is 15.8. The first-order valence-electron chi connectivity index (χ1n) is 12.9. The molecule has 0 spiro atoms. The lowest BCUT2D eigenvalue weighted by atomic mass is 9.88. The van der Waals surface area contributed by atoms with Crippen molar-refractivity contribution < 1.29 is 14.3 Å². The lowest BCUT2D eigenvalue weighted by Gasteiger charge is -2.41. The molecule has 8 heteroatoms. The third kappa shape index (κ3) is 6.60. The largest absolute Gasteiger partial charge is 0.493 e. The summed E-state index contributed by atoms with van der Waals surface area (Å²) in [6.07, 6.45) is 13.9. The highest BCUT2D eigenvalue weighted by atomic mass is 32.2. The molecule has 4 rings (SSSR count). The highest BCUT2D eigenvalue weighted by Gasteiger charge is 2.32. The van der Waals surface area contributed by atoms with Gasteiger partial charge in [0.15, 0.2) is 22.5 Å². The van der Waals surface area contributed by atoms with E-state index in [2.05, 4.69) is 21.7 Å². The van der Waals surface area contributed by atoms with E-state index < -0.39 is 0 Å². The summed E-state index contributed by atoms with van der Waals surface area (Å²) in [5, 5.41) is 9.48. The second-order valence-corrected chi connectivity index (χ2v) is 10.4. The molecule has 7 nitrogen and oxygen atoms in total. The first-order valence-corrected chi connectivity index (χ1v) is 13.9. The Hall–Kier alpha value is -2.48. The van der Waals surface area contributed by atoms with E-state index in [4.69, 9.17) is 9.47 Å². The van der Waals surface area contributed by atoms with Crippen LogP contribution in [-0.2, 0) is 17.9 Å². The summed E-state index contributed by atoms with van der Waals surface area (Å²) in [7, 11) is 1.62. The Balaban J connectivity index is 1.43. The summed E-state index contributed by atoms with van der Waals surface area (Å²) in [5.41, 5.74) is 0. The molecule has 1 aromatic carbocycles. The standard InChI is InChI=1S/C27H38N4O3S/c1-3-18-30-25(19-34-24-17-11-10-16-23(24)33-2)28-29-27(30)35-20-26(32)31(21-12-6-4-7-13-21)22-14-8-5-9-15-22/h3,10-11,16-17,21-22H,1,4-9,12-15,18-20H2,2H3. The second kappa shape index (κ2) is 13.0. The van der Waals surface area contributed by atoms with Crippen molar-refractivity contribution in [2.75, 3.05) is 12.9 Å². The summed E-state index contributed by atoms with van der Waals surface area (Å²) in [6, 6.07) is 8.34. The SMILES string of the molecule is C=CCn1c(COc2ccccc2OC)nnc1SCC(=O)N(C1CCCCC1)C1CCCCC1. The zero-order valence-corrected chi connectivity index (χ0v) is 21.7. The number of ether oxygens (including phenoxy) is 2. The fourth-order valence-electron chi connectivity index (χ4n) is 5.35. The van der Waals surface area contributed by atoms with Crippen molar-refractivity contribution in [1.29, 1.82) is 0 Å². The molecule has 1 aromatic heterocycles. The van der Waals surface area contributed by atoms with Crippen LogP contribution in [-0.4, -0.2) is 50.5 Å². The van der Waals surface area contributed by atoms with Gasteiger partial charge < -0.3 is 14.4 Å². The highest BCUT2D eigenvalue weighted by molar-refractivity contribution is 7.99. The van der Waals surface area contributed by atoms with Gasteiger partial charge in [0, 0.05) is 18.6 Å². The smallest absolute Gasteiger partial charge is 0.233 e. The number of allylic oxidation sites excluding steroid dienone is 1. The molecule has 0 aliphatic heterocycles. The molecule has 0 radical (unpaired) electrons. The number of nitrogens with zero attached hydrogens (tertiary/aromatic N) is 4. The molecule has 0 atom stereocenters. The number of carbonyl (C=O) groups is 1. The van der Waals surface area contributed by atoms with E-state index in [1.807, 2.05) is 34.9 Å². The van der Waals surface area contributed by atoms with E-state index in [9.17, 15) is 4.79 Å². The molecule has 0 bridgehead atoms. The van der Waals surface area contributed by atoms with Gasteiger partial charge in [0.2, 0.25) is 5.91 Å². The normalized spacial score (nSPS) is 17.2. The molecule has 1 amide bonds. The van der Waals surface area contributed by atoms with Crippen LogP contribution >= 0.6 is 11.8 Å². The topological polar surface area (TPSA) is 69.5 Å². The van der Waals surface area contributed by atoms with Gasteiger partial charge in [-0.25, -0.2) is 0 Å². The molecule has 2 aliphatic rings. The molecule has 1 heterocycles. The lowest BCUT2D eigenvalue weighted by Crippen LogP contribution is -2.49. The molecular weight excluding hydrogens is 460 g/mol. The number of hydrogen-bond donors (Lipinski definition) is 0. The van der Waals surface area contributed by atoms with Crippen LogP contribution in [0.25, 0.3) is 0 Å². The monoisotopic (exact) mass is 498 g/mol. The second-order valence-electron chi connectivity index (χ2n) is 9.41. The molecule has 35 heavy (non-hydrogen) atoms. The Labute approximate surface area is 213 Å². The van der Waals surface area contributed by atoms with Crippen LogP contribution in [0.2, 0.25) is 0 Å². The number of thioether (sulfide) groups is 1. The Morgan fingerprint density at radius 1 is 1.06 bits per heavy atom. The van der Waals surface area contributed by atoms with Gasteiger partial charge in [0.1, 0.15) is 6.61 Å². The van der Waals surface area contributed by atoms with Crippen molar-refractivity contribution >= 4 is 17.7 Å². The zero-order valence-electron chi connectivity index (χ0n) is 20.9. The van der Waals surface area contributed by atoms with Crippen LogP contribution in [0.3, 0.4) is 0 Å². The van der Waals surface area contributed by atoms with E-state index in [0.29, 0.717) is 41.7 Å². The maximum absolute atomic E-state index is 13.6. The fourth-order valence-corrected chi connectivity index (χ4v) is 6.19. The van der Waals surface area contributed by atoms with E-state index in [0.717, 1.165) is 30.8 Å². The van der Waals surface area contributed by atoms with Gasteiger partial charge in [0.05, 0.1) is 12.9 Å². The van der Waals surface area contributed by atoms with Gasteiger partial charge >= 0.3 is 0 Å². The van der Waals surface area contributed by atoms with Gasteiger partial charge in [-0.05, 0) is 37.8 Å².